The Morgan fingerprint density at radius 3 is 2.81 bits per heavy atom. The molecule has 2 aromatic heterocycles. The van der Waals surface area contributed by atoms with Gasteiger partial charge < -0.3 is 5.11 Å². The quantitative estimate of drug-likeness (QED) is 0.847. The molecule has 0 spiro atoms. The molecule has 16 heavy (non-hydrogen) atoms. The first kappa shape index (κ1) is 10.5. The summed E-state index contributed by atoms with van der Waals surface area (Å²) < 4.78 is 26.2. The highest BCUT2D eigenvalue weighted by atomic mass is 19.3. The van der Waals surface area contributed by atoms with Crippen molar-refractivity contribution in [3.63, 3.8) is 0 Å². The largest absolute Gasteiger partial charge is 0.476 e. The molecule has 5 nitrogen and oxygen atoms in total. The predicted octanol–water partition coefficient (Wildman–Crippen LogP) is 1.67. The Morgan fingerprint density at radius 1 is 1.56 bits per heavy atom. The highest BCUT2D eigenvalue weighted by Gasteiger charge is 2.25. The number of halogens is 2. The zero-order valence-electron chi connectivity index (χ0n) is 8.19. The molecule has 0 amide bonds. The fourth-order valence-electron chi connectivity index (χ4n) is 1.41. The minimum Gasteiger partial charge on any atom is -0.476 e. The number of carbonyl (C=O) groups is 1. The summed E-state index contributed by atoms with van der Waals surface area (Å²) in [6.07, 6.45) is -0.0958. The van der Waals surface area contributed by atoms with E-state index in [0.29, 0.717) is 5.56 Å². The molecule has 0 aliphatic rings. The lowest BCUT2D eigenvalue weighted by atomic mass is 10.3. The maximum atomic E-state index is 12.6. The number of aryl methyl sites for hydroxylation is 1. The Kier molecular flexibility index (Phi) is 2.30. The molecule has 2 aromatic rings. The number of nitrogens with zero attached hydrogens (tertiary/aromatic N) is 3. The number of carboxylic acid groups (broad SMARTS) is 1. The van der Waals surface area contributed by atoms with E-state index in [4.69, 9.17) is 5.11 Å². The summed E-state index contributed by atoms with van der Waals surface area (Å²) in [6, 6.07) is 0. The van der Waals surface area contributed by atoms with E-state index in [1.54, 1.807) is 6.92 Å². The van der Waals surface area contributed by atoms with Crippen LogP contribution in [0, 0.1) is 6.92 Å². The van der Waals surface area contributed by atoms with Crippen molar-refractivity contribution in [1.82, 2.24) is 14.4 Å². The van der Waals surface area contributed by atoms with Gasteiger partial charge in [0, 0.05) is 12.4 Å². The van der Waals surface area contributed by atoms with Gasteiger partial charge in [0.2, 0.25) is 5.78 Å². The third kappa shape index (κ3) is 1.50. The van der Waals surface area contributed by atoms with E-state index in [0.717, 1.165) is 4.40 Å². The Labute approximate surface area is 88.4 Å². The van der Waals surface area contributed by atoms with Crippen LogP contribution in [-0.4, -0.2) is 25.4 Å². The summed E-state index contributed by atoms with van der Waals surface area (Å²) in [5, 5.41) is 8.87. The van der Waals surface area contributed by atoms with E-state index in [9.17, 15) is 13.6 Å². The lowest BCUT2D eigenvalue weighted by Gasteiger charge is -1.99. The number of imidazole rings is 1. The summed E-state index contributed by atoms with van der Waals surface area (Å²) in [7, 11) is 0. The van der Waals surface area contributed by atoms with E-state index in [-0.39, 0.29) is 5.78 Å². The van der Waals surface area contributed by atoms with E-state index in [2.05, 4.69) is 9.97 Å². The molecule has 84 valence electrons. The van der Waals surface area contributed by atoms with E-state index in [1.165, 1.54) is 12.4 Å². The second-order valence-electron chi connectivity index (χ2n) is 3.25. The Morgan fingerprint density at radius 2 is 2.25 bits per heavy atom. The SMILES string of the molecule is Cc1cnc2nc(C(F)F)c(C(=O)O)n2c1. The molecular weight excluding hydrogens is 220 g/mol. The molecule has 2 rings (SSSR count). The van der Waals surface area contributed by atoms with Gasteiger partial charge in [-0.2, -0.15) is 0 Å². The number of hydrogen-bond acceptors (Lipinski definition) is 3. The van der Waals surface area contributed by atoms with Crippen molar-refractivity contribution in [2.75, 3.05) is 0 Å². The van der Waals surface area contributed by atoms with Gasteiger partial charge >= 0.3 is 5.97 Å². The molecule has 0 unspecified atom stereocenters. The fraction of sp³-hybridized carbons (Fsp3) is 0.222. The number of hydrogen-bond donors (Lipinski definition) is 1. The van der Waals surface area contributed by atoms with Gasteiger partial charge in [0.1, 0.15) is 5.69 Å². The molecule has 1 N–H and O–H groups in total. The van der Waals surface area contributed by atoms with Crippen molar-refractivity contribution in [1.29, 1.82) is 0 Å². The molecule has 0 aliphatic heterocycles. The molecule has 0 aromatic carbocycles. The average Bonchev–Trinajstić information content (AvgIpc) is 2.55. The summed E-state index contributed by atoms with van der Waals surface area (Å²) in [5.74, 6) is -1.49. The fourth-order valence-corrected chi connectivity index (χ4v) is 1.41. The monoisotopic (exact) mass is 227 g/mol. The van der Waals surface area contributed by atoms with Crippen LogP contribution in [-0.2, 0) is 0 Å². The lowest BCUT2D eigenvalue weighted by Crippen LogP contribution is -2.06. The number of carboxylic acids is 1. The number of alkyl halides is 2. The number of fused-ring (bicyclic) bond motifs is 1. The lowest BCUT2D eigenvalue weighted by molar-refractivity contribution is 0.0675. The molecule has 0 radical (unpaired) electrons. The molecule has 0 atom stereocenters. The van der Waals surface area contributed by atoms with Gasteiger partial charge in [-0.25, -0.2) is 23.5 Å². The second-order valence-corrected chi connectivity index (χ2v) is 3.25. The van der Waals surface area contributed by atoms with Gasteiger partial charge in [-0.3, -0.25) is 4.40 Å². The van der Waals surface area contributed by atoms with Gasteiger partial charge in [0.25, 0.3) is 6.43 Å². The molecule has 0 bridgehead atoms. The second kappa shape index (κ2) is 3.51. The molecule has 0 saturated heterocycles. The summed E-state index contributed by atoms with van der Waals surface area (Å²) >= 11 is 0. The topological polar surface area (TPSA) is 67.5 Å². The number of aromatic nitrogens is 3. The van der Waals surface area contributed by atoms with Gasteiger partial charge in [-0.15, -0.1) is 0 Å². The van der Waals surface area contributed by atoms with Crippen molar-refractivity contribution >= 4 is 11.7 Å². The molecule has 0 fully saturated rings. The van der Waals surface area contributed by atoms with E-state index < -0.39 is 23.8 Å². The van der Waals surface area contributed by atoms with Crippen LogP contribution < -0.4 is 0 Å². The first-order chi connectivity index (χ1) is 7.50. The van der Waals surface area contributed by atoms with Gasteiger partial charge in [-0.05, 0) is 12.5 Å². The first-order valence-electron chi connectivity index (χ1n) is 4.36. The third-order valence-corrected chi connectivity index (χ3v) is 2.05. The standard InChI is InChI=1S/C9H7F2N3O2/c1-4-2-12-9-13-5(7(10)11)6(8(15)16)14(9)3-4/h2-3,7H,1H3,(H,15,16). The van der Waals surface area contributed by atoms with Crippen LogP contribution >= 0.6 is 0 Å². The summed E-state index contributed by atoms with van der Waals surface area (Å²) in [6.45, 7) is 1.68. The highest BCUT2D eigenvalue weighted by Crippen LogP contribution is 2.23. The van der Waals surface area contributed by atoms with Crippen LogP contribution in [0.3, 0.4) is 0 Å². The predicted molar refractivity (Wildman–Crippen MR) is 49.6 cm³/mol. The van der Waals surface area contributed by atoms with Crippen LogP contribution in [0.1, 0.15) is 28.2 Å². The van der Waals surface area contributed by atoms with Crippen LogP contribution in [0.2, 0.25) is 0 Å². The maximum absolute atomic E-state index is 12.6. The van der Waals surface area contributed by atoms with E-state index >= 15 is 0 Å². The minimum atomic E-state index is -2.94. The minimum absolute atomic E-state index is 0.0432. The Hall–Kier alpha value is -2.05. The van der Waals surface area contributed by atoms with E-state index in [1.807, 2.05) is 0 Å². The summed E-state index contributed by atoms with van der Waals surface area (Å²) in [4.78, 5) is 18.2. The van der Waals surface area contributed by atoms with Crippen molar-refractivity contribution in [3.05, 3.63) is 29.3 Å². The number of rotatable bonds is 2. The van der Waals surface area contributed by atoms with Crippen molar-refractivity contribution in [2.45, 2.75) is 13.3 Å². The smallest absolute Gasteiger partial charge is 0.355 e. The molecular formula is C9H7F2N3O2. The van der Waals surface area contributed by atoms with Crippen LogP contribution in [0.5, 0.6) is 0 Å². The van der Waals surface area contributed by atoms with Crippen LogP contribution in [0.15, 0.2) is 12.4 Å². The molecule has 0 saturated carbocycles. The van der Waals surface area contributed by atoms with Crippen molar-refractivity contribution < 1.29 is 18.7 Å². The van der Waals surface area contributed by atoms with Crippen molar-refractivity contribution in [3.8, 4) is 0 Å². The zero-order chi connectivity index (χ0) is 11.9. The number of aromatic carboxylic acids is 1. The first-order valence-corrected chi connectivity index (χ1v) is 4.36. The van der Waals surface area contributed by atoms with Gasteiger partial charge in [0.05, 0.1) is 0 Å². The molecule has 2 heterocycles. The van der Waals surface area contributed by atoms with Gasteiger partial charge in [0.15, 0.2) is 5.69 Å². The molecule has 7 heteroatoms. The third-order valence-electron chi connectivity index (χ3n) is 2.05. The highest BCUT2D eigenvalue weighted by molar-refractivity contribution is 5.88. The van der Waals surface area contributed by atoms with Crippen LogP contribution in [0.25, 0.3) is 5.78 Å². The van der Waals surface area contributed by atoms with Crippen molar-refractivity contribution in [2.24, 2.45) is 0 Å². The summed E-state index contributed by atoms with van der Waals surface area (Å²) in [5.41, 5.74) is -0.639. The Balaban J connectivity index is 2.82. The molecule has 0 aliphatic carbocycles. The maximum Gasteiger partial charge on any atom is 0.355 e. The average molecular weight is 227 g/mol. The zero-order valence-corrected chi connectivity index (χ0v) is 8.19. The Bertz CT molecular complexity index is 565. The van der Waals surface area contributed by atoms with Gasteiger partial charge in [-0.1, -0.05) is 0 Å². The van der Waals surface area contributed by atoms with Crippen LogP contribution in [0.4, 0.5) is 8.78 Å². The normalized spacial score (nSPS) is 11.2.